The molecule has 0 radical (unpaired) electrons. The summed E-state index contributed by atoms with van der Waals surface area (Å²) < 4.78 is 8.40. The van der Waals surface area contributed by atoms with E-state index in [2.05, 4.69) is 14.3 Å². The summed E-state index contributed by atoms with van der Waals surface area (Å²) in [5, 5.41) is 3.94. The molecule has 0 unspecified atom stereocenters. The van der Waals surface area contributed by atoms with Gasteiger partial charge in [0.05, 0.1) is 17.2 Å². The molecule has 0 aromatic carbocycles. The number of carbonyl (C=O) groups is 1. The zero-order chi connectivity index (χ0) is 8.81. The average Bonchev–Trinajstić information content (AvgIpc) is 2.52. The predicted molar refractivity (Wildman–Crippen MR) is 45.0 cm³/mol. The summed E-state index contributed by atoms with van der Waals surface area (Å²) in [6.07, 6.45) is 1.60. The van der Waals surface area contributed by atoms with E-state index in [4.69, 9.17) is 0 Å². The van der Waals surface area contributed by atoms with E-state index in [0.29, 0.717) is 13.1 Å². The number of hydrogen-bond donors (Lipinski definition) is 0. The van der Waals surface area contributed by atoms with Crippen LogP contribution in [0.25, 0.3) is 0 Å². The fraction of sp³-hybridized carbons (Fsp3) is 0.571. The van der Waals surface area contributed by atoms with Crippen LogP contribution < -0.4 is 0 Å². The summed E-state index contributed by atoms with van der Waals surface area (Å²) in [5.74, 6) is 0. The summed E-state index contributed by atoms with van der Waals surface area (Å²) in [6, 6.07) is 0. The number of rotatable bonds is 5. The van der Waals surface area contributed by atoms with Crippen LogP contribution in [0.5, 0.6) is 0 Å². The van der Waals surface area contributed by atoms with Crippen molar-refractivity contribution in [2.75, 3.05) is 6.61 Å². The van der Waals surface area contributed by atoms with Gasteiger partial charge >= 0.3 is 0 Å². The molecule has 0 N–H and O–H groups in total. The van der Waals surface area contributed by atoms with Crippen LogP contribution in [0.4, 0.5) is 0 Å². The van der Waals surface area contributed by atoms with Gasteiger partial charge in [-0.15, -0.1) is 5.10 Å². The molecule has 0 aliphatic rings. The van der Waals surface area contributed by atoms with Crippen LogP contribution in [0.3, 0.4) is 0 Å². The normalized spacial score (nSPS) is 9.75. The molecule has 0 saturated carbocycles. The number of carbonyl (C=O) groups excluding carboxylic acids is 1. The zero-order valence-corrected chi connectivity index (χ0v) is 7.63. The Kier molecular flexibility index (Phi) is 3.66. The molecule has 1 aromatic rings. The van der Waals surface area contributed by atoms with Gasteiger partial charge in [0.1, 0.15) is 0 Å². The highest BCUT2D eigenvalue weighted by Gasteiger charge is 2.04. The maximum Gasteiger partial charge on any atom is 0.293 e. The molecule has 12 heavy (non-hydrogen) atoms. The Morgan fingerprint density at radius 1 is 1.67 bits per heavy atom. The highest BCUT2D eigenvalue weighted by Crippen LogP contribution is 2.11. The van der Waals surface area contributed by atoms with Crippen LogP contribution in [0.2, 0.25) is 0 Å². The minimum Gasteiger partial charge on any atom is -0.468 e. The Morgan fingerprint density at radius 2 is 2.50 bits per heavy atom. The van der Waals surface area contributed by atoms with Crippen LogP contribution >= 0.6 is 11.5 Å². The molecular weight excluding hydrogens is 176 g/mol. The maximum absolute atomic E-state index is 9.84. The van der Waals surface area contributed by atoms with E-state index < -0.39 is 0 Å². The Bertz CT molecular complexity index is 249. The summed E-state index contributed by atoms with van der Waals surface area (Å²) in [6.45, 7) is 2.90. The van der Waals surface area contributed by atoms with Crippen molar-refractivity contribution in [2.45, 2.75) is 19.8 Å². The van der Waals surface area contributed by atoms with E-state index in [-0.39, 0.29) is 0 Å². The molecule has 0 fully saturated rings. The van der Waals surface area contributed by atoms with E-state index in [9.17, 15) is 4.79 Å². The predicted octanol–water partition coefficient (Wildman–Crippen LogP) is 0.816. The topological polar surface area (TPSA) is 52.1 Å². The molecule has 66 valence electrons. The summed E-state index contributed by atoms with van der Waals surface area (Å²) in [4.78, 5) is 10.9. The standard InChI is InChI=1S/C7H10N2O2S/c1-2-6-7(12-9-8-6)3-4-11-5-10/h5H,2-4H2,1H3. The molecular formula is C7H10N2O2S. The SMILES string of the molecule is CCc1nnsc1CCOC=O. The molecule has 0 bridgehead atoms. The van der Waals surface area contributed by atoms with Crippen molar-refractivity contribution < 1.29 is 9.53 Å². The third-order valence-electron chi connectivity index (χ3n) is 1.48. The first-order chi connectivity index (χ1) is 5.88. The second-order valence-electron chi connectivity index (χ2n) is 2.21. The monoisotopic (exact) mass is 186 g/mol. The lowest BCUT2D eigenvalue weighted by Crippen LogP contribution is -1.97. The smallest absolute Gasteiger partial charge is 0.293 e. The molecule has 1 aromatic heterocycles. The Balaban J connectivity index is 2.44. The van der Waals surface area contributed by atoms with Gasteiger partial charge in [-0.2, -0.15) is 0 Å². The molecule has 0 amide bonds. The highest BCUT2D eigenvalue weighted by molar-refractivity contribution is 7.05. The fourth-order valence-electron chi connectivity index (χ4n) is 0.885. The second-order valence-corrected chi connectivity index (χ2v) is 3.05. The molecule has 0 aliphatic heterocycles. The van der Waals surface area contributed by atoms with Crippen molar-refractivity contribution in [2.24, 2.45) is 0 Å². The van der Waals surface area contributed by atoms with Crippen LogP contribution in [-0.2, 0) is 22.4 Å². The van der Waals surface area contributed by atoms with Crippen molar-refractivity contribution in [1.82, 2.24) is 9.59 Å². The fourth-order valence-corrected chi connectivity index (χ4v) is 1.59. The van der Waals surface area contributed by atoms with E-state index in [1.807, 2.05) is 6.92 Å². The maximum atomic E-state index is 9.84. The zero-order valence-electron chi connectivity index (χ0n) is 6.82. The van der Waals surface area contributed by atoms with Crippen LogP contribution in [0, 0.1) is 0 Å². The minimum absolute atomic E-state index is 0.417. The van der Waals surface area contributed by atoms with Gasteiger partial charge in [0.25, 0.3) is 6.47 Å². The van der Waals surface area contributed by atoms with Gasteiger partial charge in [-0.25, -0.2) is 0 Å². The molecule has 1 rings (SSSR count). The lowest BCUT2D eigenvalue weighted by atomic mass is 10.2. The van der Waals surface area contributed by atoms with Crippen LogP contribution in [-0.4, -0.2) is 22.7 Å². The largest absolute Gasteiger partial charge is 0.468 e. The first kappa shape index (κ1) is 9.12. The van der Waals surface area contributed by atoms with Gasteiger partial charge < -0.3 is 4.74 Å². The van der Waals surface area contributed by atoms with Gasteiger partial charge in [0.2, 0.25) is 0 Å². The minimum atomic E-state index is 0.417. The highest BCUT2D eigenvalue weighted by atomic mass is 32.1. The van der Waals surface area contributed by atoms with Crippen molar-refractivity contribution in [3.05, 3.63) is 10.6 Å². The molecule has 0 aliphatic carbocycles. The lowest BCUT2D eigenvalue weighted by Gasteiger charge is -1.96. The summed E-state index contributed by atoms with van der Waals surface area (Å²) in [5.41, 5.74) is 1.01. The first-order valence-electron chi connectivity index (χ1n) is 3.73. The van der Waals surface area contributed by atoms with Gasteiger partial charge in [-0.05, 0) is 18.0 Å². The number of nitrogens with zero attached hydrogens (tertiary/aromatic N) is 2. The molecule has 0 saturated heterocycles. The van der Waals surface area contributed by atoms with E-state index in [0.717, 1.165) is 23.4 Å². The Morgan fingerprint density at radius 3 is 3.17 bits per heavy atom. The number of hydrogen-bond acceptors (Lipinski definition) is 5. The molecule has 5 heteroatoms. The van der Waals surface area contributed by atoms with Gasteiger partial charge in [-0.3, -0.25) is 4.79 Å². The van der Waals surface area contributed by atoms with E-state index in [1.54, 1.807) is 0 Å². The number of ether oxygens (including phenoxy) is 1. The molecule has 0 spiro atoms. The van der Waals surface area contributed by atoms with E-state index in [1.165, 1.54) is 11.5 Å². The van der Waals surface area contributed by atoms with Crippen LogP contribution in [0.15, 0.2) is 0 Å². The van der Waals surface area contributed by atoms with Gasteiger partial charge in [0.15, 0.2) is 0 Å². The van der Waals surface area contributed by atoms with E-state index >= 15 is 0 Å². The molecule has 1 heterocycles. The van der Waals surface area contributed by atoms with Crippen molar-refractivity contribution in [3.8, 4) is 0 Å². The van der Waals surface area contributed by atoms with Gasteiger partial charge in [-0.1, -0.05) is 11.4 Å². The van der Waals surface area contributed by atoms with Crippen LogP contribution in [0.1, 0.15) is 17.5 Å². The third kappa shape index (κ3) is 2.27. The molecule has 0 atom stereocenters. The number of aryl methyl sites for hydroxylation is 1. The Hall–Kier alpha value is -0.970. The first-order valence-corrected chi connectivity index (χ1v) is 4.51. The lowest BCUT2D eigenvalue weighted by molar-refractivity contribution is -0.128. The van der Waals surface area contributed by atoms with Crippen molar-refractivity contribution >= 4 is 18.0 Å². The Labute approximate surface area is 74.7 Å². The van der Waals surface area contributed by atoms with Crippen molar-refractivity contribution in [1.29, 1.82) is 0 Å². The second kappa shape index (κ2) is 4.82. The number of aromatic nitrogens is 2. The van der Waals surface area contributed by atoms with Gasteiger partial charge in [0, 0.05) is 6.42 Å². The third-order valence-corrected chi connectivity index (χ3v) is 2.31. The average molecular weight is 186 g/mol. The quantitative estimate of drug-likeness (QED) is 0.504. The summed E-state index contributed by atoms with van der Waals surface area (Å²) >= 11 is 1.37. The van der Waals surface area contributed by atoms with Crippen molar-refractivity contribution in [3.63, 3.8) is 0 Å². The summed E-state index contributed by atoms with van der Waals surface area (Å²) in [7, 11) is 0. The molecule has 4 nitrogen and oxygen atoms in total.